The summed E-state index contributed by atoms with van der Waals surface area (Å²) < 4.78 is 0. The van der Waals surface area contributed by atoms with Crippen molar-refractivity contribution in [2.45, 2.75) is 18.9 Å². The van der Waals surface area contributed by atoms with Gasteiger partial charge in [0.2, 0.25) is 5.91 Å². The van der Waals surface area contributed by atoms with Gasteiger partial charge in [0.15, 0.2) is 0 Å². The lowest BCUT2D eigenvalue weighted by Gasteiger charge is -2.33. The molecule has 1 atom stereocenters. The molecule has 1 unspecified atom stereocenters. The van der Waals surface area contributed by atoms with Gasteiger partial charge in [-0.1, -0.05) is 61.7 Å². The summed E-state index contributed by atoms with van der Waals surface area (Å²) >= 11 is 0. The molecule has 1 saturated heterocycles. The van der Waals surface area contributed by atoms with E-state index in [9.17, 15) is 4.79 Å². The number of rotatable bonds is 10. The fourth-order valence-electron chi connectivity index (χ4n) is 3.29. The Morgan fingerprint density at radius 2 is 1.93 bits per heavy atom. The number of carbonyl (C=O) groups excluding carboxylic acids is 1. The Hall–Kier alpha value is -2.59. The number of carbonyl (C=O) groups is 1. The maximum Gasteiger partial charge on any atom is 0.242 e. The van der Waals surface area contributed by atoms with E-state index in [1.54, 1.807) is 12.2 Å². The van der Waals surface area contributed by atoms with Gasteiger partial charge >= 0.3 is 0 Å². The van der Waals surface area contributed by atoms with Crippen molar-refractivity contribution in [3.8, 4) is 0 Å². The highest BCUT2D eigenvalue weighted by Gasteiger charge is 2.25. The summed E-state index contributed by atoms with van der Waals surface area (Å²) in [5, 5.41) is 3.21. The predicted octanol–water partition coefficient (Wildman–Crippen LogP) is 3.88. The van der Waals surface area contributed by atoms with Crippen LogP contribution in [-0.2, 0) is 4.79 Å². The average Bonchev–Trinajstić information content (AvgIpc) is 3.21. The number of nitrogens with zero attached hydrogens (tertiary/aromatic N) is 2. The van der Waals surface area contributed by atoms with Crippen LogP contribution in [-0.4, -0.2) is 55.0 Å². The Balaban J connectivity index is 2.12. The van der Waals surface area contributed by atoms with E-state index in [-0.39, 0.29) is 18.5 Å². The van der Waals surface area contributed by atoms with Crippen molar-refractivity contribution in [2.75, 3.05) is 38.5 Å². The first-order chi connectivity index (χ1) is 13.2. The lowest BCUT2D eigenvalue weighted by Crippen LogP contribution is -2.47. The molecule has 4 heteroatoms. The quantitative estimate of drug-likeness (QED) is 0.639. The fraction of sp³-hybridized carbons (Fsp3) is 0.348. The third-order valence-electron chi connectivity index (χ3n) is 4.83. The third-order valence-corrected chi connectivity index (χ3v) is 4.83. The molecule has 1 aliphatic rings. The van der Waals surface area contributed by atoms with Gasteiger partial charge < -0.3 is 15.1 Å². The second-order valence-corrected chi connectivity index (χ2v) is 6.74. The molecule has 0 spiro atoms. The number of likely N-dealkylation sites (N-methyl/N-ethyl adjacent to an activating group) is 1. The number of allylic oxidation sites excluding steroid dienone is 4. The molecule has 1 heterocycles. The zero-order valence-electron chi connectivity index (χ0n) is 16.3. The summed E-state index contributed by atoms with van der Waals surface area (Å²) in [6.07, 6.45) is 11.9. The number of likely N-dealkylation sites (tertiary alicyclic amines) is 1. The van der Waals surface area contributed by atoms with Crippen LogP contribution in [0.1, 0.15) is 12.8 Å². The molecule has 1 aliphatic heterocycles. The monoisotopic (exact) mass is 365 g/mol. The summed E-state index contributed by atoms with van der Waals surface area (Å²) in [5.41, 5.74) is 2.01. The highest BCUT2D eigenvalue weighted by molar-refractivity contribution is 5.81. The third kappa shape index (κ3) is 6.57. The van der Waals surface area contributed by atoms with Gasteiger partial charge in [-0.15, -0.1) is 0 Å². The molecule has 27 heavy (non-hydrogen) atoms. The zero-order valence-corrected chi connectivity index (χ0v) is 16.3. The largest absolute Gasteiger partial charge is 0.376 e. The van der Waals surface area contributed by atoms with Crippen LogP contribution in [0, 0.1) is 0 Å². The fourth-order valence-corrected chi connectivity index (χ4v) is 3.29. The van der Waals surface area contributed by atoms with Crippen molar-refractivity contribution < 1.29 is 4.79 Å². The number of hydrogen-bond acceptors (Lipinski definition) is 3. The minimum atomic E-state index is -0.0256. The van der Waals surface area contributed by atoms with Crippen molar-refractivity contribution in [2.24, 2.45) is 0 Å². The van der Waals surface area contributed by atoms with Crippen LogP contribution in [0.3, 0.4) is 0 Å². The molecule has 4 nitrogen and oxygen atoms in total. The molecule has 1 aromatic carbocycles. The van der Waals surface area contributed by atoms with Crippen molar-refractivity contribution in [3.05, 3.63) is 79.4 Å². The number of para-hydroxylation sites is 1. The van der Waals surface area contributed by atoms with E-state index in [0.717, 1.165) is 30.9 Å². The maximum atomic E-state index is 12.9. The standard InChI is InChI=1S/C23H31N3O/c1-4-6-13-20(12-5-2)22(19-26-16-10-11-17-26)25(3)23(27)18-24-21-14-8-7-9-15-21/h4-9,12-15,22,24H,1-2,10-11,16-19H2,3H3/b13-6-,20-12+. The first-order valence-electron chi connectivity index (χ1n) is 9.54. The van der Waals surface area contributed by atoms with Gasteiger partial charge in [-0.25, -0.2) is 0 Å². The summed E-state index contributed by atoms with van der Waals surface area (Å²) in [7, 11) is 1.88. The van der Waals surface area contributed by atoms with Crippen molar-refractivity contribution in [1.29, 1.82) is 0 Å². The second kappa shape index (κ2) is 11.2. The Labute approximate surface area is 163 Å². The van der Waals surface area contributed by atoms with Crippen molar-refractivity contribution in [3.63, 3.8) is 0 Å². The van der Waals surface area contributed by atoms with E-state index in [1.807, 2.05) is 60.5 Å². The van der Waals surface area contributed by atoms with Crippen LogP contribution in [0.25, 0.3) is 0 Å². The molecule has 0 aromatic heterocycles. The van der Waals surface area contributed by atoms with Crippen LogP contribution in [0.2, 0.25) is 0 Å². The van der Waals surface area contributed by atoms with Crippen molar-refractivity contribution >= 4 is 11.6 Å². The summed E-state index contributed by atoms with van der Waals surface area (Å²) in [5.74, 6) is 0.0602. The van der Waals surface area contributed by atoms with E-state index >= 15 is 0 Å². The molecular weight excluding hydrogens is 334 g/mol. The van der Waals surface area contributed by atoms with Crippen LogP contribution in [0.15, 0.2) is 79.4 Å². The van der Waals surface area contributed by atoms with Crippen LogP contribution < -0.4 is 5.32 Å². The minimum absolute atomic E-state index is 0.0256. The predicted molar refractivity (Wildman–Crippen MR) is 115 cm³/mol. The van der Waals surface area contributed by atoms with Gasteiger partial charge in [-0.3, -0.25) is 4.79 Å². The lowest BCUT2D eigenvalue weighted by atomic mass is 10.0. The van der Waals surface area contributed by atoms with Gasteiger partial charge in [0.05, 0.1) is 12.6 Å². The number of amides is 1. The van der Waals surface area contributed by atoms with Crippen LogP contribution in [0.4, 0.5) is 5.69 Å². The zero-order chi connectivity index (χ0) is 19.5. The van der Waals surface area contributed by atoms with Gasteiger partial charge in [0, 0.05) is 19.3 Å². The summed E-state index contributed by atoms with van der Waals surface area (Å²) in [4.78, 5) is 17.1. The van der Waals surface area contributed by atoms with E-state index in [1.165, 1.54) is 12.8 Å². The average molecular weight is 366 g/mol. The van der Waals surface area contributed by atoms with Crippen LogP contribution >= 0.6 is 0 Å². The molecule has 0 radical (unpaired) electrons. The lowest BCUT2D eigenvalue weighted by molar-refractivity contribution is -0.129. The molecule has 0 bridgehead atoms. The Kier molecular flexibility index (Phi) is 8.59. The molecule has 144 valence electrons. The van der Waals surface area contributed by atoms with Gasteiger partial charge in [-0.2, -0.15) is 0 Å². The number of hydrogen-bond donors (Lipinski definition) is 1. The number of nitrogens with one attached hydrogen (secondary N) is 1. The highest BCUT2D eigenvalue weighted by atomic mass is 16.2. The van der Waals surface area contributed by atoms with E-state index in [4.69, 9.17) is 0 Å². The Morgan fingerprint density at radius 1 is 1.22 bits per heavy atom. The van der Waals surface area contributed by atoms with Gasteiger partial charge in [-0.05, 0) is 43.6 Å². The molecular formula is C23H31N3O. The Bertz CT molecular complexity index is 672. The van der Waals surface area contributed by atoms with E-state index < -0.39 is 0 Å². The SMILES string of the molecule is C=C/C=C\C(=C/C=C)C(CN1CCCC1)N(C)C(=O)CNc1ccccc1. The first-order valence-corrected chi connectivity index (χ1v) is 9.54. The summed E-state index contributed by atoms with van der Waals surface area (Å²) in [6.45, 7) is 10.9. The Morgan fingerprint density at radius 3 is 2.56 bits per heavy atom. The molecule has 0 aliphatic carbocycles. The van der Waals surface area contributed by atoms with Crippen molar-refractivity contribution in [1.82, 2.24) is 9.80 Å². The smallest absolute Gasteiger partial charge is 0.242 e. The molecule has 1 aromatic rings. The molecule has 2 rings (SSSR count). The summed E-state index contributed by atoms with van der Waals surface area (Å²) in [6, 6.07) is 9.77. The topological polar surface area (TPSA) is 35.6 Å². The minimum Gasteiger partial charge on any atom is -0.376 e. The van der Waals surface area contributed by atoms with Crippen LogP contribution in [0.5, 0.6) is 0 Å². The first kappa shape index (κ1) is 20.7. The van der Waals surface area contributed by atoms with E-state index in [2.05, 4.69) is 23.4 Å². The maximum absolute atomic E-state index is 12.9. The number of anilines is 1. The second-order valence-electron chi connectivity index (χ2n) is 6.74. The van der Waals surface area contributed by atoms with Gasteiger partial charge in [0.1, 0.15) is 0 Å². The normalized spacial score (nSPS) is 16.3. The van der Waals surface area contributed by atoms with Gasteiger partial charge in [0.25, 0.3) is 0 Å². The van der Waals surface area contributed by atoms with E-state index in [0.29, 0.717) is 0 Å². The molecule has 1 N–H and O–H groups in total. The number of benzene rings is 1. The molecule has 1 fully saturated rings. The highest BCUT2D eigenvalue weighted by Crippen LogP contribution is 2.17. The molecule has 1 amide bonds. The molecule has 0 saturated carbocycles.